The molecule has 3 rings (SSSR count). The van der Waals surface area contributed by atoms with Gasteiger partial charge in [-0.15, -0.1) is 0 Å². The number of hydrogen-bond acceptors (Lipinski definition) is 4. The lowest BCUT2D eigenvalue weighted by Gasteiger charge is -2.33. The second-order valence-electron chi connectivity index (χ2n) is 6.61. The molecule has 9 heteroatoms. The zero-order valence-corrected chi connectivity index (χ0v) is 16.4. The van der Waals surface area contributed by atoms with Crippen molar-refractivity contribution in [2.24, 2.45) is 0 Å². The summed E-state index contributed by atoms with van der Waals surface area (Å²) >= 11 is 0. The molecule has 29 heavy (non-hydrogen) atoms. The fourth-order valence-electron chi connectivity index (χ4n) is 2.79. The average Bonchev–Trinajstić information content (AvgIpc) is 2.63. The SMILES string of the molecule is Cc1cc(F)ccc1OC1C=CC(C(F)(F)F)=CN1c1cccc(S(C)(=N)=O)c1. The Kier molecular flexibility index (Phi) is 5.44. The smallest absolute Gasteiger partial charge is 0.417 e. The number of hydrogen-bond donors (Lipinski definition) is 1. The number of anilines is 1. The number of aryl methyl sites for hydroxylation is 1. The highest BCUT2D eigenvalue weighted by molar-refractivity contribution is 7.91. The van der Waals surface area contributed by atoms with E-state index in [4.69, 9.17) is 9.52 Å². The zero-order valence-electron chi connectivity index (χ0n) is 15.5. The van der Waals surface area contributed by atoms with E-state index in [1.54, 1.807) is 6.92 Å². The van der Waals surface area contributed by atoms with Gasteiger partial charge >= 0.3 is 6.18 Å². The van der Waals surface area contributed by atoms with Crippen LogP contribution in [0.2, 0.25) is 0 Å². The van der Waals surface area contributed by atoms with Crippen LogP contribution in [0, 0.1) is 17.5 Å². The molecule has 0 saturated carbocycles. The van der Waals surface area contributed by atoms with Gasteiger partial charge in [0.2, 0.25) is 0 Å². The van der Waals surface area contributed by atoms with Crippen LogP contribution in [0.1, 0.15) is 5.56 Å². The Morgan fingerprint density at radius 1 is 1.17 bits per heavy atom. The van der Waals surface area contributed by atoms with E-state index < -0.39 is 33.5 Å². The van der Waals surface area contributed by atoms with Crippen molar-refractivity contribution in [1.82, 2.24) is 0 Å². The average molecular weight is 426 g/mol. The minimum absolute atomic E-state index is 0.184. The molecule has 1 aliphatic heterocycles. The first-order valence-electron chi connectivity index (χ1n) is 8.47. The van der Waals surface area contributed by atoms with Gasteiger partial charge in [0.1, 0.15) is 11.6 Å². The molecule has 0 bridgehead atoms. The van der Waals surface area contributed by atoms with Gasteiger partial charge in [0, 0.05) is 23.0 Å². The largest absolute Gasteiger partial charge is 0.466 e. The summed E-state index contributed by atoms with van der Waals surface area (Å²) in [4.78, 5) is 1.42. The molecular weight excluding hydrogens is 408 g/mol. The lowest BCUT2D eigenvalue weighted by Crippen LogP contribution is -2.37. The first kappa shape index (κ1) is 20.9. The van der Waals surface area contributed by atoms with Crippen molar-refractivity contribution in [3.8, 4) is 5.75 Å². The van der Waals surface area contributed by atoms with E-state index in [0.29, 0.717) is 11.3 Å². The molecule has 4 nitrogen and oxygen atoms in total. The topological polar surface area (TPSA) is 53.4 Å². The fraction of sp³-hybridized carbons (Fsp3) is 0.200. The van der Waals surface area contributed by atoms with E-state index in [2.05, 4.69) is 0 Å². The van der Waals surface area contributed by atoms with Gasteiger partial charge in [0.15, 0.2) is 6.23 Å². The van der Waals surface area contributed by atoms with Gasteiger partial charge in [0.25, 0.3) is 0 Å². The third-order valence-electron chi connectivity index (χ3n) is 4.27. The standard InChI is InChI=1S/C20H18F4N2O2S/c1-13-10-15(21)7-8-18(13)28-19-9-6-14(20(22,23)24)12-26(19)16-4-3-5-17(11-16)29(2,25)27/h3-12,19,25H,1-2H3. The van der Waals surface area contributed by atoms with E-state index in [1.807, 2.05) is 0 Å². The molecule has 2 atom stereocenters. The lowest BCUT2D eigenvalue weighted by atomic mass is 10.1. The Morgan fingerprint density at radius 2 is 1.90 bits per heavy atom. The van der Waals surface area contributed by atoms with Crippen molar-refractivity contribution in [2.75, 3.05) is 11.2 Å². The van der Waals surface area contributed by atoms with E-state index in [1.165, 1.54) is 59.7 Å². The van der Waals surface area contributed by atoms with E-state index in [9.17, 15) is 21.8 Å². The molecule has 0 radical (unpaired) electrons. The zero-order chi connectivity index (χ0) is 21.4. The monoisotopic (exact) mass is 426 g/mol. The summed E-state index contributed by atoms with van der Waals surface area (Å²) in [6, 6.07) is 9.78. The van der Waals surface area contributed by atoms with Crippen LogP contribution in [0.25, 0.3) is 0 Å². The highest BCUT2D eigenvalue weighted by atomic mass is 32.2. The van der Waals surface area contributed by atoms with Gasteiger partial charge in [-0.3, -0.25) is 0 Å². The molecule has 2 unspecified atom stereocenters. The molecule has 1 aliphatic rings. The second-order valence-corrected chi connectivity index (χ2v) is 8.77. The maximum absolute atomic E-state index is 13.3. The molecule has 2 aromatic rings. The van der Waals surface area contributed by atoms with Gasteiger partial charge in [-0.05, 0) is 61.0 Å². The third kappa shape index (κ3) is 4.79. The Bertz CT molecular complexity index is 1090. The van der Waals surface area contributed by atoms with E-state index in [0.717, 1.165) is 12.3 Å². The Morgan fingerprint density at radius 3 is 2.52 bits per heavy atom. The summed E-state index contributed by atoms with van der Waals surface area (Å²) < 4.78 is 78.8. The van der Waals surface area contributed by atoms with Crippen molar-refractivity contribution in [1.29, 1.82) is 4.78 Å². The first-order valence-corrected chi connectivity index (χ1v) is 10.4. The summed E-state index contributed by atoms with van der Waals surface area (Å²) in [7, 11) is -3.06. The number of nitrogens with one attached hydrogen (secondary N) is 1. The molecule has 0 fully saturated rings. The minimum Gasteiger partial charge on any atom is -0.466 e. The van der Waals surface area contributed by atoms with Gasteiger partial charge in [0.05, 0.1) is 15.3 Å². The number of nitrogens with zero attached hydrogens (tertiary/aromatic N) is 1. The predicted molar refractivity (Wildman–Crippen MR) is 103 cm³/mol. The van der Waals surface area contributed by atoms with Gasteiger partial charge in [-0.25, -0.2) is 13.4 Å². The quantitative estimate of drug-likeness (QED) is 0.667. The molecule has 1 heterocycles. The number of ether oxygens (including phenoxy) is 1. The van der Waals surface area contributed by atoms with Crippen LogP contribution < -0.4 is 9.64 Å². The summed E-state index contributed by atoms with van der Waals surface area (Å²) in [5.41, 5.74) is -0.123. The Hall–Kier alpha value is -2.81. The van der Waals surface area contributed by atoms with E-state index >= 15 is 0 Å². The fourth-order valence-corrected chi connectivity index (χ4v) is 3.48. The lowest BCUT2D eigenvalue weighted by molar-refractivity contribution is -0.0888. The second kappa shape index (κ2) is 7.55. The number of alkyl halides is 3. The third-order valence-corrected chi connectivity index (χ3v) is 5.42. The summed E-state index contributed by atoms with van der Waals surface area (Å²) in [5.74, 6) is -0.142. The van der Waals surface area contributed by atoms with Crippen LogP contribution in [-0.2, 0) is 9.73 Å². The Labute approximate surface area is 166 Å². The van der Waals surface area contributed by atoms with Crippen LogP contribution in [0.3, 0.4) is 0 Å². The molecule has 0 aliphatic carbocycles. The Balaban J connectivity index is 2.04. The summed E-state index contributed by atoms with van der Waals surface area (Å²) in [6.07, 6.45) is -1.26. The van der Waals surface area contributed by atoms with Crippen LogP contribution in [0.4, 0.5) is 23.2 Å². The van der Waals surface area contributed by atoms with Gasteiger partial charge < -0.3 is 9.64 Å². The first-order chi connectivity index (χ1) is 13.4. The van der Waals surface area contributed by atoms with Crippen LogP contribution >= 0.6 is 0 Å². The molecule has 0 amide bonds. The maximum Gasteiger partial charge on any atom is 0.417 e. The normalized spacial score (nSPS) is 18.9. The summed E-state index contributed by atoms with van der Waals surface area (Å²) in [6.45, 7) is 1.62. The highest BCUT2D eigenvalue weighted by Gasteiger charge is 2.36. The predicted octanol–water partition coefficient (Wildman–Crippen LogP) is 5.40. The molecule has 2 aromatic carbocycles. The van der Waals surface area contributed by atoms with Crippen LogP contribution in [0.5, 0.6) is 5.75 Å². The molecule has 0 spiro atoms. The number of rotatable bonds is 4. The minimum atomic E-state index is -4.57. The molecule has 0 saturated heterocycles. The van der Waals surface area contributed by atoms with Crippen molar-refractivity contribution in [2.45, 2.75) is 24.2 Å². The van der Waals surface area contributed by atoms with Crippen molar-refractivity contribution in [3.63, 3.8) is 0 Å². The number of halogens is 4. The molecule has 1 N–H and O–H groups in total. The van der Waals surface area contributed by atoms with E-state index in [-0.39, 0.29) is 10.6 Å². The van der Waals surface area contributed by atoms with Crippen LogP contribution in [-0.4, -0.2) is 22.9 Å². The van der Waals surface area contributed by atoms with Gasteiger partial charge in [-0.2, -0.15) is 13.2 Å². The molecule has 154 valence electrons. The van der Waals surface area contributed by atoms with Gasteiger partial charge in [-0.1, -0.05) is 6.07 Å². The summed E-state index contributed by atoms with van der Waals surface area (Å²) in [5, 5.41) is 0. The number of allylic oxidation sites excluding steroid dienone is 2. The van der Waals surface area contributed by atoms with Crippen molar-refractivity contribution in [3.05, 3.63) is 77.8 Å². The molecular formula is C20H18F4N2O2S. The molecule has 0 aromatic heterocycles. The maximum atomic E-state index is 13.3. The number of benzene rings is 2. The van der Waals surface area contributed by atoms with Crippen molar-refractivity contribution >= 4 is 15.4 Å². The van der Waals surface area contributed by atoms with Crippen molar-refractivity contribution < 1.29 is 26.5 Å². The highest BCUT2D eigenvalue weighted by Crippen LogP contribution is 2.34. The van der Waals surface area contributed by atoms with Crippen LogP contribution in [0.15, 0.2) is 71.3 Å².